The normalized spacial score (nSPS) is 14.3. The summed E-state index contributed by atoms with van der Waals surface area (Å²) in [6, 6.07) is 3.33. The molecule has 2 atom stereocenters. The van der Waals surface area contributed by atoms with E-state index in [-0.39, 0.29) is 22.6 Å². The van der Waals surface area contributed by atoms with Crippen LogP contribution in [0.2, 0.25) is 0 Å². The Morgan fingerprint density at radius 1 is 1.53 bits per heavy atom. The first kappa shape index (κ1) is 13.6. The maximum atomic E-state index is 10.9. The fourth-order valence-electron chi connectivity index (χ4n) is 2.04. The largest absolute Gasteiger partial charge is 0.314 e. The van der Waals surface area contributed by atoms with E-state index in [1.54, 1.807) is 12.3 Å². The van der Waals surface area contributed by atoms with E-state index in [2.05, 4.69) is 17.2 Å². The Morgan fingerprint density at radius 2 is 2.24 bits per heavy atom. The Bertz CT molecular complexity index is 382. The van der Waals surface area contributed by atoms with Gasteiger partial charge >= 0.3 is 0 Å². The van der Waals surface area contributed by atoms with Gasteiger partial charge in [0.2, 0.25) is 0 Å². The second-order valence-electron chi connectivity index (χ2n) is 4.03. The van der Waals surface area contributed by atoms with Crippen LogP contribution in [-0.4, -0.2) is 22.5 Å². The summed E-state index contributed by atoms with van der Waals surface area (Å²) in [6.45, 7) is 6.93. The molecule has 0 spiro atoms. The molecule has 5 nitrogen and oxygen atoms in total. The van der Waals surface area contributed by atoms with Crippen molar-refractivity contribution < 1.29 is 4.92 Å². The highest BCUT2D eigenvalue weighted by Gasteiger charge is 2.25. The number of nitrogens with one attached hydrogen (secondary N) is 1. The molecule has 0 bridgehead atoms. The Labute approximate surface area is 101 Å². The average Bonchev–Trinajstić information content (AvgIpc) is 2.35. The van der Waals surface area contributed by atoms with E-state index in [4.69, 9.17) is 0 Å². The van der Waals surface area contributed by atoms with E-state index < -0.39 is 0 Å². The summed E-state index contributed by atoms with van der Waals surface area (Å²) >= 11 is 0. The number of aromatic nitrogens is 1. The van der Waals surface area contributed by atoms with Gasteiger partial charge in [-0.1, -0.05) is 20.8 Å². The van der Waals surface area contributed by atoms with Crippen LogP contribution in [-0.2, 0) is 0 Å². The smallest absolute Gasteiger partial charge is 0.291 e. The second-order valence-corrected chi connectivity index (χ2v) is 4.03. The SMILES string of the molecule is CCNC(CC)C(C)c1ncccc1[N+](=O)[O-]. The zero-order chi connectivity index (χ0) is 12.8. The zero-order valence-corrected chi connectivity index (χ0v) is 10.5. The lowest BCUT2D eigenvalue weighted by Gasteiger charge is -2.22. The zero-order valence-electron chi connectivity index (χ0n) is 10.5. The standard InChI is InChI=1S/C12H19N3O2/c1-4-10(13-5-2)9(3)12-11(15(16)17)7-6-8-14-12/h6-10,13H,4-5H2,1-3H3. The van der Waals surface area contributed by atoms with Crippen LogP contribution in [0.3, 0.4) is 0 Å². The van der Waals surface area contributed by atoms with Gasteiger partial charge in [-0.05, 0) is 19.0 Å². The highest BCUT2D eigenvalue weighted by atomic mass is 16.6. The van der Waals surface area contributed by atoms with Crippen molar-refractivity contribution in [2.75, 3.05) is 6.54 Å². The first-order valence-electron chi connectivity index (χ1n) is 5.94. The Hall–Kier alpha value is -1.49. The Balaban J connectivity index is 3.01. The number of hydrogen-bond donors (Lipinski definition) is 1. The molecule has 94 valence electrons. The summed E-state index contributed by atoms with van der Waals surface area (Å²) in [5.74, 6) is 0.0292. The molecule has 0 aliphatic rings. The van der Waals surface area contributed by atoms with E-state index in [1.807, 2.05) is 13.8 Å². The van der Waals surface area contributed by atoms with Crippen molar-refractivity contribution >= 4 is 5.69 Å². The van der Waals surface area contributed by atoms with Gasteiger partial charge in [0.1, 0.15) is 5.69 Å². The molecule has 0 fully saturated rings. The molecule has 1 N–H and O–H groups in total. The molecule has 1 heterocycles. The summed E-state index contributed by atoms with van der Waals surface area (Å²) in [5, 5.41) is 14.3. The number of pyridine rings is 1. The predicted octanol–water partition coefficient (Wildman–Crippen LogP) is 2.48. The lowest BCUT2D eigenvalue weighted by molar-refractivity contribution is -0.386. The molecular formula is C12H19N3O2. The Morgan fingerprint density at radius 3 is 2.76 bits per heavy atom. The molecule has 0 amide bonds. The van der Waals surface area contributed by atoms with Gasteiger partial charge in [-0.3, -0.25) is 15.1 Å². The quantitative estimate of drug-likeness (QED) is 0.609. The lowest BCUT2D eigenvalue weighted by Crippen LogP contribution is -2.33. The maximum absolute atomic E-state index is 10.9. The van der Waals surface area contributed by atoms with Crippen LogP contribution < -0.4 is 5.32 Å². The molecule has 0 saturated heterocycles. The van der Waals surface area contributed by atoms with Gasteiger partial charge < -0.3 is 5.32 Å². The molecule has 0 radical (unpaired) electrons. The van der Waals surface area contributed by atoms with Crippen LogP contribution in [0.1, 0.15) is 38.8 Å². The van der Waals surface area contributed by atoms with Crippen molar-refractivity contribution in [2.24, 2.45) is 0 Å². The van der Waals surface area contributed by atoms with Gasteiger partial charge in [0.25, 0.3) is 5.69 Å². The number of likely N-dealkylation sites (N-methyl/N-ethyl adjacent to an activating group) is 1. The molecule has 5 heteroatoms. The molecule has 17 heavy (non-hydrogen) atoms. The number of rotatable bonds is 6. The van der Waals surface area contributed by atoms with E-state index in [0.29, 0.717) is 5.69 Å². The van der Waals surface area contributed by atoms with Crippen molar-refractivity contribution in [3.8, 4) is 0 Å². The second kappa shape index (κ2) is 6.30. The number of nitrogens with zero attached hydrogens (tertiary/aromatic N) is 2. The highest BCUT2D eigenvalue weighted by Crippen LogP contribution is 2.27. The van der Waals surface area contributed by atoms with E-state index in [1.165, 1.54) is 6.07 Å². The molecule has 0 aromatic carbocycles. The summed E-state index contributed by atoms with van der Waals surface area (Å²) in [7, 11) is 0. The van der Waals surface area contributed by atoms with Gasteiger partial charge in [0, 0.05) is 24.2 Å². The van der Waals surface area contributed by atoms with Gasteiger partial charge in [-0.2, -0.15) is 0 Å². The minimum absolute atomic E-state index is 0.0292. The lowest BCUT2D eigenvalue weighted by atomic mass is 9.94. The van der Waals surface area contributed by atoms with E-state index in [0.717, 1.165) is 13.0 Å². The van der Waals surface area contributed by atoms with Crippen molar-refractivity contribution in [1.82, 2.24) is 10.3 Å². The minimum atomic E-state index is -0.364. The fraction of sp³-hybridized carbons (Fsp3) is 0.583. The van der Waals surface area contributed by atoms with Crippen LogP contribution in [0, 0.1) is 10.1 Å². The monoisotopic (exact) mass is 237 g/mol. The third-order valence-corrected chi connectivity index (χ3v) is 2.95. The third-order valence-electron chi connectivity index (χ3n) is 2.95. The molecular weight excluding hydrogens is 218 g/mol. The predicted molar refractivity (Wildman–Crippen MR) is 67.1 cm³/mol. The third kappa shape index (κ3) is 3.23. The molecule has 1 rings (SSSR count). The van der Waals surface area contributed by atoms with E-state index >= 15 is 0 Å². The molecule has 0 aliphatic heterocycles. The van der Waals surface area contributed by atoms with Gasteiger partial charge in [0.15, 0.2) is 0 Å². The Kier molecular flexibility index (Phi) is 5.03. The minimum Gasteiger partial charge on any atom is -0.314 e. The van der Waals surface area contributed by atoms with Crippen LogP contribution in [0.5, 0.6) is 0 Å². The molecule has 0 aliphatic carbocycles. The fourth-order valence-corrected chi connectivity index (χ4v) is 2.04. The maximum Gasteiger partial charge on any atom is 0.291 e. The van der Waals surface area contributed by atoms with Crippen molar-refractivity contribution in [3.63, 3.8) is 0 Å². The van der Waals surface area contributed by atoms with E-state index in [9.17, 15) is 10.1 Å². The molecule has 1 aromatic heterocycles. The topological polar surface area (TPSA) is 68.1 Å². The first-order chi connectivity index (χ1) is 8.11. The number of hydrogen-bond acceptors (Lipinski definition) is 4. The average molecular weight is 237 g/mol. The molecule has 2 unspecified atom stereocenters. The van der Waals surface area contributed by atoms with Crippen molar-refractivity contribution in [3.05, 3.63) is 34.1 Å². The van der Waals surface area contributed by atoms with Gasteiger partial charge in [-0.15, -0.1) is 0 Å². The van der Waals surface area contributed by atoms with Crippen LogP contribution >= 0.6 is 0 Å². The highest BCUT2D eigenvalue weighted by molar-refractivity contribution is 5.37. The summed E-state index contributed by atoms with van der Waals surface area (Å²) < 4.78 is 0. The van der Waals surface area contributed by atoms with Crippen LogP contribution in [0.4, 0.5) is 5.69 Å². The summed E-state index contributed by atoms with van der Waals surface area (Å²) in [5.41, 5.74) is 0.668. The molecule has 0 saturated carbocycles. The van der Waals surface area contributed by atoms with Crippen molar-refractivity contribution in [2.45, 2.75) is 39.2 Å². The summed E-state index contributed by atoms with van der Waals surface area (Å²) in [6.07, 6.45) is 2.53. The number of nitro groups is 1. The van der Waals surface area contributed by atoms with Crippen LogP contribution in [0.25, 0.3) is 0 Å². The van der Waals surface area contributed by atoms with Crippen molar-refractivity contribution in [1.29, 1.82) is 0 Å². The first-order valence-corrected chi connectivity index (χ1v) is 5.94. The van der Waals surface area contributed by atoms with Gasteiger partial charge in [0.05, 0.1) is 4.92 Å². The summed E-state index contributed by atoms with van der Waals surface area (Å²) in [4.78, 5) is 14.7. The van der Waals surface area contributed by atoms with Crippen LogP contribution in [0.15, 0.2) is 18.3 Å². The molecule has 1 aromatic rings. The van der Waals surface area contributed by atoms with Gasteiger partial charge in [-0.25, -0.2) is 0 Å².